The van der Waals surface area contributed by atoms with Crippen LogP contribution in [0.15, 0.2) is 30.3 Å². The minimum Gasteiger partial charge on any atom is -0.466 e. The summed E-state index contributed by atoms with van der Waals surface area (Å²) in [7, 11) is 1.35. The van der Waals surface area contributed by atoms with E-state index in [1.54, 1.807) is 6.08 Å². The van der Waals surface area contributed by atoms with Crippen LogP contribution in [0.3, 0.4) is 0 Å². The lowest BCUT2D eigenvalue weighted by Gasteiger charge is -2.33. The van der Waals surface area contributed by atoms with Gasteiger partial charge in [0, 0.05) is 38.8 Å². The SMILES string of the molecule is COC(=O)/C=C/c1ccc(CN2CCN(C(=O)O)CC2)cc1. The number of rotatable bonds is 4. The average Bonchev–Trinajstić information content (AvgIpc) is 2.54. The fraction of sp³-hybridized carbons (Fsp3) is 0.375. The topological polar surface area (TPSA) is 70.1 Å². The van der Waals surface area contributed by atoms with E-state index in [4.69, 9.17) is 5.11 Å². The zero-order valence-corrected chi connectivity index (χ0v) is 12.6. The first-order chi connectivity index (χ1) is 10.6. The van der Waals surface area contributed by atoms with Crippen LogP contribution in [-0.2, 0) is 16.1 Å². The first-order valence-corrected chi connectivity index (χ1v) is 7.13. The molecular weight excluding hydrogens is 284 g/mol. The van der Waals surface area contributed by atoms with Gasteiger partial charge in [0.05, 0.1) is 7.11 Å². The molecular formula is C16H20N2O4. The van der Waals surface area contributed by atoms with Crippen molar-refractivity contribution in [1.82, 2.24) is 9.80 Å². The largest absolute Gasteiger partial charge is 0.466 e. The molecule has 1 fully saturated rings. The molecule has 1 aliphatic heterocycles. The first-order valence-electron chi connectivity index (χ1n) is 7.13. The van der Waals surface area contributed by atoms with E-state index in [9.17, 15) is 9.59 Å². The lowest BCUT2D eigenvalue weighted by Crippen LogP contribution is -2.47. The summed E-state index contributed by atoms with van der Waals surface area (Å²) in [5.74, 6) is -0.375. The lowest BCUT2D eigenvalue weighted by molar-refractivity contribution is -0.134. The van der Waals surface area contributed by atoms with Gasteiger partial charge in [0.2, 0.25) is 0 Å². The van der Waals surface area contributed by atoms with Crippen LogP contribution in [0.4, 0.5) is 4.79 Å². The van der Waals surface area contributed by atoms with Crippen LogP contribution in [0.1, 0.15) is 11.1 Å². The molecule has 1 saturated heterocycles. The highest BCUT2D eigenvalue weighted by Gasteiger charge is 2.19. The molecule has 0 atom stereocenters. The lowest BCUT2D eigenvalue weighted by atomic mass is 10.1. The molecule has 0 aliphatic carbocycles. The van der Waals surface area contributed by atoms with Crippen molar-refractivity contribution in [3.05, 3.63) is 41.5 Å². The van der Waals surface area contributed by atoms with Crippen LogP contribution < -0.4 is 0 Å². The van der Waals surface area contributed by atoms with Gasteiger partial charge in [-0.05, 0) is 17.2 Å². The molecule has 0 bridgehead atoms. The summed E-state index contributed by atoms with van der Waals surface area (Å²) in [5.41, 5.74) is 2.10. The van der Waals surface area contributed by atoms with Crippen molar-refractivity contribution in [1.29, 1.82) is 0 Å². The van der Waals surface area contributed by atoms with Crippen molar-refractivity contribution in [2.24, 2.45) is 0 Å². The molecule has 6 nitrogen and oxygen atoms in total. The van der Waals surface area contributed by atoms with Crippen molar-refractivity contribution in [3.8, 4) is 0 Å². The Hall–Kier alpha value is -2.34. The maximum atomic E-state index is 11.0. The van der Waals surface area contributed by atoms with Crippen molar-refractivity contribution < 1.29 is 19.4 Å². The summed E-state index contributed by atoms with van der Waals surface area (Å²) in [5, 5.41) is 8.92. The monoisotopic (exact) mass is 304 g/mol. The Morgan fingerprint density at radius 3 is 2.36 bits per heavy atom. The van der Waals surface area contributed by atoms with E-state index in [2.05, 4.69) is 9.64 Å². The molecule has 0 unspecified atom stereocenters. The van der Waals surface area contributed by atoms with Gasteiger partial charge in [-0.2, -0.15) is 0 Å². The number of esters is 1. The van der Waals surface area contributed by atoms with Gasteiger partial charge in [-0.3, -0.25) is 4.90 Å². The summed E-state index contributed by atoms with van der Waals surface area (Å²) in [6, 6.07) is 7.92. The second-order valence-corrected chi connectivity index (χ2v) is 5.14. The van der Waals surface area contributed by atoms with E-state index in [-0.39, 0.29) is 5.97 Å². The van der Waals surface area contributed by atoms with Crippen LogP contribution in [0.25, 0.3) is 6.08 Å². The number of methoxy groups -OCH3 is 1. The standard InChI is InChI=1S/C16H20N2O4/c1-22-15(19)7-6-13-2-4-14(5-3-13)12-17-8-10-18(11-9-17)16(20)21/h2-7H,8-12H2,1H3,(H,20,21)/b7-6+. The number of carbonyl (C=O) groups excluding carboxylic acids is 1. The molecule has 22 heavy (non-hydrogen) atoms. The van der Waals surface area contributed by atoms with Gasteiger partial charge in [0.15, 0.2) is 0 Å². The number of hydrogen-bond acceptors (Lipinski definition) is 4. The van der Waals surface area contributed by atoms with Gasteiger partial charge in [-0.25, -0.2) is 9.59 Å². The highest BCUT2D eigenvalue weighted by molar-refractivity contribution is 5.86. The molecule has 1 aromatic rings. The Kier molecular flexibility index (Phi) is 5.55. The van der Waals surface area contributed by atoms with Crippen LogP contribution >= 0.6 is 0 Å². The van der Waals surface area contributed by atoms with Crippen molar-refractivity contribution in [2.45, 2.75) is 6.54 Å². The Morgan fingerprint density at radius 1 is 1.18 bits per heavy atom. The number of benzene rings is 1. The first kappa shape index (κ1) is 16.0. The molecule has 1 N–H and O–H groups in total. The van der Waals surface area contributed by atoms with Gasteiger partial charge in [0.25, 0.3) is 0 Å². The van der Waals surface area contributed by atoms with Crippen molar-refractivity contribution in [3.63, 3.8) is 0 Å². The summed E-state index contributed by atoms with van der Waals surface area (Å²) in [6.45, 7) is 3.39. The number of piperazine rings is 1. The number of hydrogen-bond donors (Lipinski definition) is 1. The Morgan fingerprint density at radius 2 is 1.82 bits per heavy atom. The summed E-state index contributed by atoms with van der Waals surface area (Å²) in [4.78, 5) is 25.6. The van der Waals surface area contributed by atoms with E-state index in [0.29, 0.717) is 13.1 Å². The van der Waals surface area contributed by atoms with Gasteiger partial charge in [-0.15, -0.1) is 0 Å². The molecule has 0 spiro atoms. The van der Waals surface area contributed by atoms with Crippen LogP contribution in [0.2, 0.25) is 0 Å². The molecule has 2 rings (SSSR count). The number of carboxylic acid groups (broad SMARTS) is 1. The van der Waals surface area contributed by atoms with Crippen LogP contribution in [0, 0.1) is 0 Å². The van der Waals surface area contributed by atoms with Crippen molar-refractivity contribution in [2.75, 3.05) is 33.3 Å². The predicted octanol–water partition coefficient (Wildman–Crippen LogP) is 1.67. The molecule has 6 heteroatoms. The van der Waals surface area contributed by atoms with Crippen LogP contribution in [-0.4, -0.2) is 60.3 Å². The van der Waals surface area contributed by atoms with E-state index in [1.165, 1.54) is 23.6 Å². The van der Waals surface area contributed by atoms with Gasteiger partial charge in [-0.1, -0.05) is 24.3 Å². The summed E-state index contributed by atoms with van der Waals surface area (Å²) < 4.78 is 4.54. The third kappa shape index (κ3) is 4.60. The summed E-state index contributed by atoms with van der Waals surface area (Å²) in [6.07, 6.45) is 2.25. The van der Waals surface area contributed by atoms with E-state index in [0.717, 1.165) is 25.2 Å². The molecule has 1 heterocycles. The predicted molar refractivity (Wildman–Crippen MR) is 82.4 cm³/mol. The minimum atomic E-state index is -0.846. The fourth-order valence-electron chi connectivity index (χ4n) is 2.32. The maximum Gasteiger partial charge on any atom is 0.407 e. The molecule has 0 radical (unpaired) electrons. The number of carbonyl (C=O) groups is 2. The van der Waals surface area contributed by atoms with Crippen LogP contribution in [0.5, 0.6) is 0 Å². The van der Waals surface area contributed by atoms with E-state index < -0.39 is 6.09 Å². The molecule has 0 saturated carbocycles. The second kappa shape index (κ2) is 7.61. The Balaban J connectivity index is 1.85. The summed E-state index contributed by atoms with van der Waals surface area (Å²) >= 11 is 0. The number of ether oxygens (including phenoxy) is 1. The molecule has 0 aromatic heterocycles. The van der Waals surface area contributed by atoms with Gasteiger partial charge in [0.1, 0.15) is 0 Å². The normalized spacial score (nSPS) is 16.0. The minimum absolute atomic E-state index is 0.375. The smallest absolute Gasteiger partial charge is 0.407 e. The zero-order chi connectivity index (χ0) is 15.9. The molecule has 1 aliphatic rings. The highest BCUT2D eigenvalue weighted by Crippen LogP contribution is 2.11. The Bertz CT molecular complexity index is 546. The quantitative estimate of drug-likeness (QED) is 0.677. The third-order valence-corrected chi connectivity index (χ3v) is 3.64. The average molecular weight is 304 g/mol. The van der Waals surface area contributed by atoms with Gasteiger partial charge < -0.3 is 14.7 Å². The highest BCUT2D eigenvalue weighted by atomic mass is 16.5. The maximum absolute atomic E-state index is 11.0. The van der Waals surface area contributed by atoms with Gasteiger partial charge >= 0.3 is 12.1 Å². The number of nitrogens with zero attached hydrogens (tertiary/aromatic N) is 2. The Labute approximate surface area is 129 Å². The molecule has 1 amide bonds. The number of amides is 1. The molecule has 1 aromatic carbocycles. The molecule has 118 valence electrons. The zero-order valence-electron chi connectivity index (χ0n) is 12.6. The van der Waals surface area contributed by atoms with E-state index in [1.807, 2.05) is 24.3 Å². The second-order valence-electron chi connectivity index (χ2n) is 5.14. The fourth-order valence-corrected chi connectivity index (χ4v) is 2.32. The third-order valence-electron chi connectivity index (χ3n) is 3.64. The van der Waals surface area contributed by atoms with Crippen molar-refractivity contribution >= 4 is 18.1 Å². The van der Waals surface area contributed by atoms with E-state index >= 15 is 0 Å².